The second-order valence-electron chi connectivity index (χ2n) is 6.61. The normalized spacial score (nSPS) is 14.3. The van der Waals surface area contributed by atoms with Crippen LogP contribution in [0.5, 0.6) is 0 Å². The molecule has 0 amide bonds. The molecule has 0 saturated carbocycles. The van der Waals surface area contributed by atoms with Crippen LogP contribution in [0.4, 0.5) is 19.0 Å². The molecule has 0 radical (unpaired) electrons. The van der Waals surface area contributed by atoms with E-state index in [0.29, 0.717) is 27.0 Å². The monoisotopic (exact) mass is 425 g/mol. The van der Waals surface area contributed by atoms with E-state index in [2.05, 4.69) is 5.32 Å². The number of fused-ring (bicyclic) bond motifs is 1. The van der Waals surface area contributed by atoms with E-state index in [1.807, 2.05) is 0 Å². The molecule has 1 aromatic heterocycles. The third-order valence-electron chi connectivity index (χ3n) is 4.77. The van der Waals surface area contributed by atoms with E-state index in [1.54, 1.807) is 22.9 Å². The lowest BCUT2D eigenvalue weighted by molar-refractivity contribution is -0.137. The molecule has 2 aromatic carbocycles. The molecule has 28 heavy (non-hydrogen) atoms. The molecular formula is C20H16Cl2F3N3. The van der Waals surface area contributed by atoms with Crippen LogP contribution in [0.2, 0.25) is 10.0 Å². The second kappa shape index (κ2) is 7.33. The third kappa shape index (κ3) is 3.47. The number of halogens is 5. The molecule has 0 saturated heterocycles. The zero-order valence-electron chi connectivity index (χ0n) is 14.7. The molecule has 4 rings (SSSR count). The average Bonchev–Trinajstić information content (AvgIpc) is 2.83. The Morgan fingerprint density at radius 1 is 0.964 bits per heavy atom. The van der Waals surface area contributed by atoms with Gasteiger partial charge in [0, 0.05) is 17.7 Å². The first-order chi connectivity index (χ1) is 13.4. The van der Waals surface area contributed by atoms with Crippen molar-refractivity contribution in [1.82, 2.24) is 9.78 Å². The van der Waals surface area contributed by atoms with Gasteiger partial charge in [-0.3, -0.25) is 0 Å². The molecule has 146 valence electrons. The summed E-state index contributed by atoms with van der Waals surface area (Å²) in [7, 11) is 0. The molecule has 1 N–H and O–H groups in total. The van der Waals surface area contributed by atoms with Crippen molar-refractivity contribution in [3.63, 3.8) is 0 Å². The van der Waals surface area contributed by atoms with E-state index in [4.69, 9.17) is 28.3 Å². The van der Waals surface area contributed by atoms with Gasteiger partial charge in [-0.05, 0) is 55.7 Å². The summed E-state index contributed by atoms with van der Waals surface area (Å²) in [5, 5.41) is 9.02. The molecule has 1 aliphatic rings. The quantitative estimate of drug-likeness (QED) is 0.500. The van der Waals surface area contributed by atoms with E-state index in [1.165, 1.54) is 12.1 Å². The highest BCUT2D eigenvalue weighted by Gasteiger charge is 2.30. The van der Waals surface area contributed by atoms with Crippen molar-refractivity contribution in [2.75, 3.05) is 11.9 Å². The number of alkyl halides is 3. The van der Waals surface area contributed by atoms with Gasteiger partial charge >= 0.3 is 6.18 Å². The van der Waals surface area contributed by atoms with Gasteiger partial charge in [0.15, 0.2) is 0 Å². The Hall–Kier alpha value is -2.18. The maximum Gasteiger partial charge on any atom is 0.416 e. The van der Waals surface area contributed by atoms with Gasteiger partial charge in [0.05, 0.1) is 21.3 Å². The van der Waals surface area contributed by atoms with Crippen molar-refractivity contribution >= 4 is 29.0 Å². The van der Waals surface area contributed by atoms with Crippen molar-refractivity contribution in [1.29, 1.82) is 0 Å². The van der Waals surface area contributed by atoms with Gasteiger partial charge in [0.25, 0.3) is 0 Å². The Labute approximate surface area is 170 Å². The molecule has 0 fully saturated rings. The van der Waals surface area contributed by atoms with Gasteiger partial charge in [-0.15, -0.1) is 0 Å². The molecule has 0 atom stereocenters. The lowest BCUT2D eigenvalue weighted by Crippen LogP contribution is -2.08. The van der Waals surface area contributed by atoms with Crippen LogP contribution in [0.15, 0.2) is 42.5 Å². The number of nitrogens with zero attached hydrogens (tertiary/aromatic N) is 2. The van der Waals surface area contributed by atoms with Crippen molar-refractivity contribution < 1.29 is 13.2 Å². The van der Waals surface area contributed by atoms with Crippen molar-refractivity contribution in [3.05, 3.63) is 63.6 Å². The minimum absolute atomic E-state index is 0.483. The van der Waals surface area contributed by atoms with Crippen LogP contribution in [0.3, 0.4) is 0 Å². The Kier molecular flexibility index (Phi) is 5.02. The van der Waals surface area contributed by atoms with Gasteiger partial charge in [-0.1, -0.05) is 29.3 Å². The Balaban J connectivity index is 1.88. The average molecular weight is 426 g/mol. The summed E-state index contributed by atoms with van der Waals surface area (Å²) in [6, 6.07) is 10.2. The minimum atomic E-state index is -4.38. The SMILES string of the molecule is FC(F)(F)c1ccc(-n2nc(-c3c(Cl)cccc3Cl)c3c2NCCCC3)cc1. The summed E-state index contributed by atoms with van der Waals surface area (Å²) in [5.41, 5.74) is 2.09. The van der Waals surface area contributed by atoms with Crippen molar-refractivity contribution in [2.45, 2.75) is 25.4 Å². The molecule has 0 unspecified atom stereocenters. The minimum Gasteiger partial charge on any atom is -0.370 e. The van der Waals surface area contributed by atoms with Crippen LogP contribution in [-0.2, 0) is 12.6 Å². The van der Waals surface area contributed by atoms with E-state index >= 15 is 0 Å². The molecule has 0 spiro atoms. The molecule has 3 aromatic rings. The number of benzene rings is 2. The summed E-state index contributed by atoms with van der Waals surface area (Å²) < 4.78 is 40.3. The van der Waals surface area contributed by atoms with E-state index in [9.17, 15) is 13.2 Å². The van der Waals surface area contributed by atoms with E-state index in [0.717, 1.165) is 49.3 Å². The maximum absolute atomic E-state index is 12.9. The summed E-state index contributed by atoms with van der Waals surface area (Å²) in [4.78, 5) is 0. The second-order valence-corrected chi connectivity index (χ2v) is 7.43. The Bertz CT molecular complexity index is 991. The van der Waals surface area contributed by atoms with Crippen LogP contribution in [0.25, 0.3) is 16.9 Å². The largest absolute Gasteiger partial charge is 0.416 e. The van der Waals surface area contributed by atoms with Crippen LogP contribution in [-0.4, -0.2) is 16.3 Å². The zero-order chi connectivity index (χ0) is 19.9. The Morgan fingerprint density at radius 2 is 1.64 bits per heavy atom. The van der Waals surface area contributed by atoms with Gasteiger partial charge < -0.3 is 5.32 Å². The van der Waals surface area contributed by atoms with Gasteiger partial charge in [0.2, 0.25) is 0 Å². The summed E-state index contributed by atoms with van der Waals surface area (Å²) >= 11 is 12.8. The lowest BCUT2D eigenvalue weighted by Gasteiger charge is -2.11. The fourth-order valence-corrected chi connectivity index (χ4v) is 3.98. The molecule has 8 heteroatoms. The fraction of sp³-hybridized carbons (Fsp3) is 0.250. The molecule has 0 aliphatic carbocycles. The first kappa shape index (κ1) is 19.2. The standard InChI is InChI=1S/C20H16Cl2F3N3/c21-15-5-3-6-16(22)17(15)18-14-4-1-2-11-26-19(14)28(27-18)13-9-7-12(8-10-13)20(23,24)25/h3,5-10,26H,1-2,4,11H2. The summed E-state index contributed by atoms with van der Waals surface area (Å²) in [6.45, 7) is 0.759. The van der Waals surface area contributed by atoms with Gasteiger partial charge in [-0.2, -0.15) is 18.3 Å². The van der Waals surface area contributed by atoms with Crippen LogP contribution in [0, 0.1) is 0 Å². The first-order valence-electron chi connectivity index (χ1n) is 8.84. The highest BCUT2D eigenvalue weighted by atomic mass is 35.5. The van der Waals surface area contributed by atoms with Gasteiger partial charge in [-0.25, -0.2) is 4.68 Å². The summed E-state index contributed by atoms with van der Waals surface area (Å²) in [6.07, 6.45) is -1.65. The molecule has 2 heterocycles. The van der Waals surface area contributed by atoms with Crippen LogP contribution >= 0.6 is 23.2 Å². The van der Waals surface area contributed by atoms with E-state index < -0.39 is 11.7 Å². The number of nitrogens with one attached hydrogen (secondary N) is 1. The Morgan fingerprint density at radius 3 is 2.29 bits per heavy atom. The number of aromatic nitrogens is 2. The molecule has 1 aliphatic heterocycles. The highest BCUT2D eigenvalue weighted by Crippen LogP contribution is 2.40. The smallest absolute Gasteiger partial charge is 0.370 e. The third-order valence-corrected chi connectivity index (χ3v) is 5.40. The number of hydrogen-bond acceptors (Lipinski definition) is 2. The number of hydrogen-bond donors (Lipinski definition) is 1. The fourth-order valence-electron chi connectivity index (χ4n) is 3.41. The lowest BCUT2D eigenvalue weighted by atomic mass is 10.0. The first-order valence-corrected chi connectivity index (χ1v) is 9.59. The predicted molar refractivity (Wildman–Crippen MR) is 105 cm³/mol. The van der Waals surface area contributed by atoms with Crippen molar-refractivity contribution in [2.24, 2.45) is 0 Å². The van der Waals surface area contributed by atoms with Crippen LogP contribution in [0.1, 0.15) is 24.0 Å². The van der Waals surface area contributed by atoms with E-state index in [-0.39, 0.29) is 0 Å². The highest BCUT2D eigenvalue weighted by molar-refractivity contribution is 6.39. The topological polar surface area (TPSA) is 29.9 Å². The number of rotatable bonds is 2. The van der Waals surface area contributed by atoms with Crippen LogP contribution < -0.4 is 5.32 Å². The summed E-state index contributed by atoms with van der Waals surface area (Å²) in [5.74, 6) is 0.767. The molecule has 3 nitrogen and oxygen atoms in total. The molecular weight excluding hydrogens is 410 g/mol. The zero-order valence-corrected chi connectivity index (χ0v) is 16.2. The maximum atomic E-state index is 12.9. The van der Waals surface area contributed by atoms with Gasteiger partial charge in [0.1, 0.15) is 11.5 Å². The number of anilines is 1. The molecule has 0 bridgehead atoms. The van der Waals surface area contributed by atoms with Crippen molar-refractivity contribution in [3.8, 4) is 16.9 Å². The predicted octanol–water partition coefficient (Wildman–Crippen LogP) is 6.61.